The highest BCUT2D eigenvalue weighted by Gasteiger charge is 2.28. The van der Waals surface area contributed by atoms with E-state index in [9.17, 15) is 4.39 Å². The van der Waals surface area contributed by atoms with Crippen LogP contribution in [0.3, 0.4) is 0 Å². The Balaban J connectivity index is 3.48. The van der Waals surface area contributed by atoms with Crippen molar-refractivity contribution in [3.63, 3.8) is 0 Å². The molecule has 0 unspecified atom stereocenters. The molecular formula is C22H30FN. The fraction of sp³-hybridized carbons (Fsp3) is 0.409. The Bertz CT molecular complexity index is 667. The molecule has 0 aliphatic carbocycles. The van der Waals surface area contributed by atoms with E-state index in [1.165, 1.54) is 17.2 Å². The molecule has 0 saturated heterocycles. The van der Waals surface area contributed by atoms with Gasteiger partial charge in [-0.2, -0.15) is 0 Å². The minimum absolute atomic E-state index is 0.0591. The smallest absolute Gasteiger partial charge is 0.132 e. The molecule has 24 heavy (non-hydrogen) atoms. The Morgan fingerprint density at radius 2 is 1.79 bits per heavy atom. The molecule has 0 aliphatic heterocycles. The second-order valence-electron chi connectivity index (χ2n) is 7.70. The fourth-order valence-electron chi connectivity index (χ4n) is 2.85. The summed E-state index contributed by atoms with van der Waals surface area (Å²) in [5, 5.41) is 0. The van der Waals surface area contributed by atoms with Crippen molar-refractivity contribution in [3.05, 3.63) is 65.0 Å². The van der Waals surface area contributed by atoms with E-state index in [1.54, 1.807) is 12.1 Å². The molecule has 1 rings (SSSR count). The van der Waals surface area contributed by atoms with Crippen molar-refractivity contribution in [2.45, 2.75) is 48.0 Å². The van der Waals surface area contributed by atoms with Crippen LogP contribution < -0.4 is 0 Å². The van der Waals surface area contributed by atoms with Crippen LogP contribution in [0.5, 0.6) is 0 Å². The lowest BCUT2D eigenvalue weighted by Gasteiger charge is -2.33. The molecule has 130 valence electrons. The van der Waals surface area contributed by atoms with Crippen molar-refractivity contribution in [2.24, 2.45) is 16.3 Å². The zero-order chi connectivity index (χ0) is 18.5. The summed E-state index contributed by atoms with van der Waals surface area (Å²) in [7, 11) is 0. The maximum absolute atomic E-state index is 14.2. The van der Waals surface area contributed by atoms with Gasteiger partial charge in [-0.3, -0.25) is 4.99 Å². The van der Waals surface area contributed by atoms with Gasteiger partial charge in [0.2, 0.25) is 0 Å². The molecule has 2 heteroatoms. The van der Waals surface area contributed by atoms with Crippen LogP contribution in [0, 0.1) is 17.2 Å². The summed E-state index contributed by atoms with van der Waals surface area (Å²) in [6.07, 6.45) is 2.88. The molecule has 0 saturated carbocycles. The van der Waals surface area contributed by atoms with Gasteiger partial charge in [0.1, 0.15) is 5.82 Å². The maximum atomic E-state index is 14.2. The van der Waals surface area contributed by atoms with Gasteiger partial charge < -0.3 is 0 Å². The number of rotatable bonds is 6. The Morgan fingerprint density at radius 1 is 1.21 bits per heavy atom. The molecule has 1 nitrogen and oxygen atoms in total. The molecule has 0 N–H and O–H groups in total. The third-order valence-corrected chi connectivity index (χ3v) is 4.16. The van der Waals surface area contributed by atoms with E-state index in [2.05, 4.69) is 59.8 Å². The van der Waals surface area contributed by atoms with Crippen molar-refractivity contribution >= 4 is 12.4 Å². The Labute approximate surface area is 146 Å². The molecule has 0 aromatic heterocycles. The van der Waals surface area contributed by atoms with Gasteiger partial charge in [-0.25, -0.2) is 4.39 Å². The fourth-order valence-corrected chi connectivity index (χ4v) is 2.85. The summed E-state index contributed by atoms with van der Waals surface area (Å²) < 4.78 is 14.2. The lowest BCUT2D eigenvalue weighted by atomic mass is 9.71. The number of allylic oxidation sites excluding steroid dienone is 4. The number of nitrogens with zero attached hydrogens (tertiary/aromatic N) is 1. The number of halogens is 1. The summed E-state index contributed by atoms with van der Waals surface area (Å²) >= 11 is 0. The van der Waals surface area contributed by atoms with Crippen LogP contribution in [0.25, 0.3) is 5.70 Å². The Morgan fingerprint density at radius 3 is 2.21 bits per heavy atom. The second kappa shape index (κ2) is 8.23. The normalized spacial score (nSPS) is 13.4. The van der Waals surface area contributed by atoms with Gasteiger partial charge in [0.25, 0.3) is 0 Å². The van der Waals surface area contributed by atoms with Gasteiger partial charge in [0.05, 0.1) is 5.70 Å². The van der Waals surface area contributed by atoms with E-state index in [-0.39, 0.29) is 17.2 Å². The molecule has 0 amide bonds. The first-order chi connectivity index (χ1) is 11.1. The van der Waals surface area contributed by atoms with E-state index >= 15 is 0 Å². The van der Waals surface area contributed by atoms with Crippen LogP contribution in [0.1, 0.15) is 53.5 Å². The van der Waals surface area contributed by atoms with Gasteiger partial charge in [0.15, 0.2) is 0 Å². The Hall–Kier alpha value is -1.96. The van der Waals surface area contributed by atoms with Crippen LogP contribution in [0.4, 0.5) is 4.39 Å². The second-order valence-corrected chi connectivity index (χ2v) is 7.70. The predicted molar refractivity (Wildman–Crippen MR) is 105 cm³/mol. The van der Waals surface area contributed by atoms with Gasteiger partial charge in [-0.15, -0.1) is 6.58 Å². The first-order valence-electron chi connectivity index (χ1n) is 8.33. The standard InChI is InChI=1S/C22H30FN/c1-15(2)13-19(22(5,6)7)18(16(3)4)14-21(24-8)17-11-9-10-12-20(17)23/h9-12,14,19H,1,8,13H2,2-7H3/b21-14-/t19-/m1/s1. The molecule has 1 aromatic carbocycles. The summed E-state index contributed by atoms with van der Waals surface area (Å²) in [6, 6.07) is 6.68. The minimum atomic E-state index is -0.281. The van der Waals surface area contributed by atoms with Crippen molar-refractivity contribution in [2.75, 3.05) is 0 Å². The van der Waals surface area contributed by atoms with Crippen LogP contribution in [-0.2, 0) is 0 Å². The van der Waals surface area contributed by atoms with Crippen molar-refractivity contribution < 1.29 is 4.39 Å². The van der Waals surface area contributed by atoms with Crippen molar-refractivity contribution in [3.8, 4) is 0 Å². The number of benzene rings is 1. The number of aliphatic imine (C=N–C) groups is 1. The third-order valence-electron chi connectivity index (χ3n) is 4.16. The molecule has 0 aliphatic rings. The summed E-state index contributed by atoms with van der Waals surface area (Å²) in [6.45, 7) is 20.6. The zero-order valence-electron chi connectivity index (χ0n) is 15.9. The third kappa shape index (κ3) is 5.30. The molecule has 0 heterocycles. The monoisotopic (exact) mass is 327 g/mol. The summed E-state index contributed by atoms with van der Waals surface area (Å²) in [4.78, 5) is 4.10. The molecule has 0 spiro atoms. The highest BCUT2D eigenvalue weighted by molar-refractivity contribution is 5.71. The maximum Gasteiger partial charge on any atom is 0.132 e. The van der Waals surface area contributed by atoms with Crippen molar-refractivity contribution in [1.82, 2.24) is 0 Å². The lowest BCUT2D eigenvalue weighted by molar-refractivity contribution is 0.280. The van der Waals surface area contributed by atoms with Crippen LogP contribution in [0.2, 0.25) is 0 Å². The average molecular weight is 327 g/mol. The van der Waals surface area contributed by atoms with E-state index in [0.717, 1.165) is 12.0 Å². The summed E-state index contributed by atoms with van der Waals surface area (Å²) in [5.74, 6) is -0.00000971. The summed E-state index contributed by atoms with van der Waals surface area (Å²) in [5.41, 5.74) is 4.63. The highest BCUT2D eigenvalue weighted by Crippen LogP contribution is 2.39. The van der Waals surface area contributed by atoms with E-state index in [4.69, 9.17) is 0 Å². The number of hydrogen-bond donors (Lipinski definition) is 0. The lowest BCUT2D eigenvalue weighted by Crippen LogP contribution is -2.23. The molecule has 0 fully saturated rings. The zero-order valence-corrected chi connectivity index (χ0v) is 15.9. The SMILES string of the molecule is C=N/C(=C\C(=C(C)C)[C@@H](CC(=C)C)C(C)(C)C)c1ccccc1F. The predicted octanol–water partition coefficient (Wildman–Crippen LogP) is 6.83. The largest absolute Gasteiger partial charge is 0.264 e. The first kappa shape index (κ1) is 20.1. The van der Waals surface area contributed by atoms with Crippen molar-refractivity contribution in [1.29, 1.82) is 0 Å². The molecule has 0 bridgehead atoms. The molecule has 1 aromatic rings. The highest BCUT2D eigenvalue weighted by atomic mass is 19.1. The van der Waals surface area contributed by atoms with Gasteiger partial charge in [-0.1, -0.05) is 44.1 Å². The molecule has 1 atom stereocenters. The number of hydrogen-bond acceptors (Lipinski definition) is 1. The molecule has 0 radical (unpaired) electrons. The van der Waals surface area contributed by atoms with Crippen LogP contribution in [0.15, 0.2) is 58.6 Å². The van der Waals surface area contributed by atoms with Gasteiger partial charge >= 0.3 is 0 Å². The van der Waals surface area contributed by atoms with E-state index < -0.39 is 0 Å². The van der Waals surface area contributed by atoms with Crippen LogP contribution >= 0.6 is 0 Å². The first-order valence-corrected chi connectivity index (χ1v) is 8.33. The Kier molecular flexibility index (Phi) is 6.89. The average Bonchev–Trinajstić information content (AvgIpc) is 2.46. The van der Waals surface area contributed by atoms with Gasteiger partial charge in [-0.05, 0) is 69.0 Å². The molecular weight excluding hydrogens is 297 g/mol. The quantitative estimate of drug-likeness (QED) is 0.308. The van der Waals surface area contributed by atoms with Crippen LogP contribution in [-0.4, -0.2) is 6.72 Å². The topological polar surface area (TPSA) is 12.4 Å². The van der Waals surface area contributed by atoms with E-state index in [0.29, 0.717) is 11.3 Å². The van der Waals surface area contributed by atoms with E-state index in [1.807, 2.05) is 12.1 Å². The minimum Gasteiger partial charge on any atom is -0.264 e. The van der Waals surface area contributed by atoms with Gasteiger partial charge in [0, 0.05) is 5.56 Å².